The van der Waals surface area contributed by atoms with Crippen LogP contribution in [0.5, 0.6) is 0 Å². The highest BCUT2D eigenvalue weighted by atomic mass is 35.5. The zero-order valence-corrected chi connectivity index (χ0v) is 6.30. The molecular formula is C4H9ClO2S. The van der Waals surface area contributed by atoms with Crippen LogP contribution in [0.3, 0.4) is 0 Å². The summed E-state index contributed by atoms with van der Waals surface area (Å²) in [5.74, 6) is 1.43. The van der Waals surface area contributed by atoms with Crippen LogP contribution in [0.15, 0.2) is 0 Å². The first-order chi connectivity index (χ1) is 3.91. The molecule has 0 aromatic rings. The van der Waals surface area contributed by atoms with Gasteiger partial charge in [-0.05, 0) is 12.0 Å². The third-order valence-electron chi connectivity index (χ3n) is 0.410. The summed E-state index contributed by atoms with van der Waals surface area (Å²) in [6.07, 6.45) is 0. The van der Waals surface area contributed by atoms with Crippen LogP contribution >= 0.6 is 23.6 Å². The van der Waals surface area contributed by atoms with Gasteiger partial charge >= 0.3 is 0 Å². The van der Waals surface area contributed by atoms with E-state index in [1.54, 1.807) is 7.11 Å². The molecule has 0 N–H and O–H groups in total. The molecule has 0 aliphatic carbocycles. The molecule has 0 saturated heterocycles. The summed E-state index contributed by atoms with van der Waals surface area (Å²) >= 11 is 6.66. The van der Waals surface area contributed by atoms with Crippen molar-refractivity contribution in [2.24, 2.45) is 0 Å². The Labute approximate surface area is 58.7 Å². The van der Waals surface area contributed by atoms with Gasteiger partial charge in [-0.1, -0.05) is 0 Å². The maximum atomic E-state index is 5.34. The van der Waals surface area contributed by atoms with Gasteiger partial charge in [-0.2, -0.15) is 0 Å². The molecule has 0 unspecified atom stereocenters. The second-order valence-electron chi connectivity index (χ2n) is 1.04. The Morgan fingerprint density at radius 3 is 2.88 bits per heavy atom. The van der Waals surface area contributed by atoms with Gasteiger partial charge in [0.1, 0.15) is 0 Å². The number of hydrogen-bond acceptors (Lipinski definition) is 3. The van der Waals surface area contributed by atoms with E-state index in [0.29, 0.717) is 12.7 Å². The topological polar surface area (TPSA) is 18.5 Å². The van der Waals surface area contributed by atoms with Gasteiger partial charge in [0.15, 0.2) is 6.79 Å². The molecule has 0 amide bonds. The summed E-state index contributed by atoms with van der Waals surface area (Å²) < 4.78 is 9.44. The van der Waals surface area contributed by atoms with Crippen molar-refractivity contribution in [3.8, 4) is 0 Å². The lowest BCUT2D eigenvalue weighted by molar-refractivity contribution is 0.0671. The van der Waals surface area contributed by atoms with Crippen molar-refractivity contribution < 1.29 is 8.92 Å². The van der Waals surface area contributed by atoms with E-state index in [0.717, 1.165) is 5.75 Å². The van der Waals surface area contributed by atoms with Crippen LogP contribution in [0, 0.1) is 0 Å². The molecule has 50 valence electrons. The van der Waals surface area contributed by atoms with Crippen LogP contribution in [0.25, 0.3) is 0 Å². The number of halogens is 1. The molecule has 0 spiro atoms. The van der Waals surface area contributed by atoms with Crippen molar-refractivity contribution >= 4 is 23.6 Å². The molecule has 0 bridgehead atoms. The van der Waals surface area contributed by atoms with Gasteiger partial charge in [-0.25, -0.2) is 0 Å². The summed E-state index contributed by atoms with van der Waals surface area (Å²) in [5, 5.41) is 0. The lowest BCUT2D eigenvalue weighted by Gasteiger charge is -1.96. The lowest BCUT2D eigenvalue weighted by atomic mass is 11.0. The number of rotatable bonds is 5. The first-order valence-electron chi connectivity index (χ1n) is 2.21. The molecule has 0 rings (SSSR count). The quantitative estimate of drug-likeness (QED) is 0.260. The van der Waals surface area contributed by atoms with Crippen molar-refractivity contribution in [3.63, 3.8) is 0 Å². The predicted molar refractivity (Wildman–Crippen MR) is 36.1 cm³/mol. The largest absolute Gasteiger partial charge is 0.358 e. The summed E-state index contributed by atoms with van der Waals surface area (Å²) in [6.45, 7) is 0.335. The highest BCUT2D eigenvalue weighted by molar-refractivity contribution is 7.94. The van der Waals surface area contributed by atoms with E-state index >= 15 is 0 Å². The molecule has 0 atom stereocenters. The minimum atomic E-state index is 0.335. The number of alkyl halides is 1. The second kappa shape index (κ2) is 7.56. The van der Waals surface area contributed by atoms with Crippen LogP contribution in [-0.4, -0.2) is 25.5 Å². The fourth-order valence-corrected chi connectivity index (χ4v) is 0.707. The first kappa shape index (κ1) is 8.56. The number of ether oxygens (including phenoxy) is 1. The van der Waals surface area contributed by atoms with Crippen molar-refractivity contribution in [1.29, 1.82) is 0 Å². The van der Waals surface area contributed by atoms with E-state index < -0.39 is 0 Å². The Balaban J connectivity index is 2.53. The van der Waals surface area contributed by atoms with E-state index in [4.69, 9.17) is 15.8 Å². The smallest absolute Gasteiger partial charge is 0.159 e. The molecule has 0 fully saturated rings. The summed E-state index contributed by atoms with van der Waals surface area (Å²) in [5.41, 5.74) is 0. The van der Waals surface area contributed by atoms with E-state index in [-0.39, 0.29) is 0 Å². The molecule has 0 aromatic heterocycles. The molecule has 2 nitrogen and oxygen atoms in total. The van der Waals surface area contributed by atoms with Crippen molar-refractivity contribution in [3.05, 3.63) is 0 Å². The third kappa shape index (κ3) is 6.56. The van der Waals surface area contributed by atoms with E-state index in [1.165, 1.54) is 12.0 Å². The van der Waals surface area contributed by atoms with Gasteiger partial charge in [0.25, 0.3) is 0 Å². The van der Waals surface area contributed by atoms with Crippen LogP contribution in [0.2, 0.25) is 0 Å². The van der Waals surface area contributed by atoms with E-state index in [1.807, 2.05) is 0 Å². The highest BCUT2D eigenvalue weighted by Gasteiger charge is 1.83. The SMILES string of the molecule is COCOSCCCl. The van der Waals surface area contributed by atoms with Gasteiger partial charge in [0.05, 0.1) is 0 Å². The minimum Gasteiger partial charge on any atom is -0.358 e. The van der Waals surface area contributed by atoms with Crippen LogP contribution in [0.4, 0.5) is 0 Å². The Bertz CT molecular complexity index is 39.0. The second-order valence-corrected chi connectivity index (χ2v) is 2.29. The van der Waals surface area contributed by atoms with Gasteiger partial charge in [0, 0.05) is 18.7 Å². The normalized spacial score (nSPS) is 9.75. The minimum absolute atomic E-state index is 0.335. The molecule has 0 aliphatic rings. The molecule has 0 radical (unpaired) electrons. The van der Waals surface area contributed by atoms with E-state index in [2.05, 4.69) is 4.74 Å². The fraction of sp³-hybridized carbons (Fsp3) is 1.00. The van der Waals surface area contributed by atoms with Crippen molar-refractivity contribution in [2.45, 2.75) is 0 Å². The zero-order valence-electron chi connectivity index (χ0n) is 4.72. The zero-order chi connectivity index (χ0) is 6.24. The molecule has 0 saturated carbocycles. The number of hydrogen-bond donors (Lipinski definition) is 0. The van der Waals surface area contributed by atoms with Crippen LogP contribution in [0.1, 0.15) is 0 Å². The Hall–Kier alpha value is 0.560. The van der Waals surface area contributed by atoms with E-state index in [9.17, 15) is 0 Å². The highest BCUT2D eigenvalue weighted by Crippen LogP contribution is 2.01. The van der Waals surface area contributed by atoms with Gasteiger partial charge in [-0.15, -0.1) is 11.6 Å². The Morgan fingerprint density at radius 1 is 1.62 bits per heavy atom. The first-order valence-corrected chi connectivity index (χ1v) is 3.65. The maximum absolute atomic E-state index is 5.34. The average Bonchev–Trinajstić information content (AvgIpc) is 1.81. The van der Waals surface area contributed by atoms with Crippen LogP contribution < -0.4 is 0 Å². The summed E-state index contributed by atoms with van der Waals surface area (Å²) in [6, 6.07) is 0. The summed E-state index contributed by atoms with van der Waals surface area (Å²) in [4.78, 5) is 0. The predicted octanol–water partition coefficient (Wildman–Crippen LogP) is 1.49. The Kier molecular flexibility index (Phi) is 8.09. The maximum Gasteiger partial charge on any atom is 0.159 e. The molecular weight excluding hydrogens is 148 g/mol. The molecule has 0 heterocycles. The van der Waals surface area contributed by atoms with Crippen molar-refractivity contribution in [2.75, 3.05) is 25.5 Å². The van der Waals surface area contributed by atoms with Crippen LogP contribution in [-0.2, 0) is 8.92 Å². The fourth-order valence-electron chi connectivity index (χ4n) is 0.173. The Morgan fingerprint density at radius 2 is 2.38 bits per heavy atom. The monoisotopic (exact) mass is 156 g/mol. The summed E-state index contributed by atoms with van der Waals surface area (Å²) in [7, 11) is 1.58. The van der Waals surface area contributed by atoms with Gasteiger partial charge < -0.3 is 4.74 Å². The molecule has 0 aliphatic heterocycles. The molecule has 0 aromatic carbocycles. The van der Waals surface area contributed by atoms with Gasteiger partial charge in [-0.3, -0.25) is 4.18 Å². The molecule has 8 heavy (non-hydrogen) atoms. The molecule has 4 heteroatoms. The number of methoxy groups -OCH3 is 1. The lowest BCUT2D eigenvalue weighted by Crippen LogP contribution is -1.89. The average molecular weight is 157 g/mol. The van der Waals surface area contributed by atoms with Gasteiger partial charge in [0.2, 0.25) is 0 Å². The standard InChI is InChI=1S/C4H9ClO2S/c1-6-4-7-8-3-2-5/h2-4H2,1H3. The van der Waals surface area contributed by atoms with Crippen molar-refractivity contribution in [1.82, 2.24) is 0 Å². The third-order valence-corrected chi connectivity index (χ3v) is 1.46.